The summed E-state index contributed by atoms with van der Waals surface area (Å²) in [5, 5.41) is 3.95. The topological polar surface area (TPSA) is 82.3 Å². The van der Waals surface area contributed by atoms with Crippen LogP contribution in [0, 0.1) is 0 Å². The number of nitrogens with zero attached hydrogens (tertiary/aromatic N) is 2. The van der Waals surface area contributed by atoms with Crippen LogP contribution < -0.4 is 4.74 Å². The average molecular weight is 358 g/mol. The van der Waals surface area contributed by atoms with Gasteiger partial charge in [-0.1, -0.05) is 42.4 Å². The van der Waals surface area contributed by atoms with Gasteiger partial charge in [0.05, 0.1) is 4.90 Å². The van der Waals surface area contributed by atoms with Gasteiger partial charge < -0.3 is 9.26 Å². The molecule has 3 aromatic rings. The second-order valence-corrected chi connectivity index (χ2v) is 7.61. The average Bonchev–Trinajstić information content (AvgIpc) is 3.08. The van der Waals surface area contributed by atoms with Crippen LogP contribution in [-0.2, 0) is 22.9 Å². The largest absolute Gasteiger partial charge is 0.484 e. The molecule has 0 radical (unpaired) electrons. The van der Waals surface area contributed by atoms with Gasteiger partial charge in [0, 0.05) is 11.8 Å². The molecule has 0 N–H and O–H groups in total. The molecule has 25 heavy (non-hydrogen) atoms. The van der Waals surface area contributed by atoms with E-state index in [0.29, 0.717) is 17.5 Å². The molecule has 0 spiro atoms. The quantitative estimate of drug-likeness (QED) is 0.672. The fourth-order valence-corrected chi connectivity index (χ4v) is 2.92. The monoisotopic (exact) mass is 358 g/mol. The predicted octanol–water partition coefficient (Wildman–Crippen LogP) is 3.28. The van der Waals surface area contributed by atoms with E-state index in [1.54, 1.807) is 12.1 Å². The van der Waals surface area contributed by atoms with Gasteiger partial charge in [0.25, 0.3) is 5.89 Å². The number of aryl methyl sites for hydroxylation is 1. The summed E-state index contributed by atoms with van der Waals surface area (Å²) in [6, 6.07) is 14.2. The smallest absolute Gasteiger partial charge is 0.264 e. The molecular weight excluding hydrogens is 340 g/mol. The maximum Gasteiger partial charge on any atom is 0.264 e. The molecule has 0 saturated heterocycles. The number of hydrogen-bond donors (Lipinski definition) is 0. The predicted molar refractivity (Wildman–Crippen MR) is 93.0 cm³/mol. The third-order valence-electron chi connectivity index (χ3n) is 3.68. The van der Waals surface area contributed by atoms with Crippen LogP contribution in [-0.4, -0.2) is 24.8 Å². The van der Waals surface area contributed by atoms with Crippen molar-refractivity contribution >= 4 is 9.84 Å². The summed E-state index contributed by atoms with van der Waals surface area (Å²) in [5.74, 6) is 1.24. The van der Waals surface area contributed by atoms with E-state index >= 15 is 0 Å². The second-order valence-electron chi connectivity index (χ2n) is 5.60. The molecule has 0 amide bonds. The van der Waals surface area contributed by atoms with Crippen LogP contribution in [0.25, 0.3) is 11.4 Å². The Kier molecular flexibility index (Phi) is 4.85. The highest BCUT2D eigenvalue weighted by molar-refractivity contribution is 7.90. The summed E-state index contributed by atoms with van der Waals surface area (Å²) in [6.45, 7) is 2.16. The van der Waals surface area contributed by atoms with E-state index in [9.17, 15) is 8.42 Å². The molecule has 1 heterocycles. The van der Waals surface area contributed by atoms with Crippen LogP contribution in [0.5, 0.6) is 5.75 Å². The first-order chi connectivity index (χ1) is 12.0. The van der Waals surface area contributed by atoms with Crippen LogP contribution in [0.2, 0.25) is 0 Å². The molecule has 0 aliphatic rings. The SMILES string of the molecule is CCc1ccc(-c2noc(COc3cccc(S(C)(=O)=O)c3)n2)cc1. The van der Waals surface area contributed by atoms with Gasteiger partial charge in [0.2, 0.25) is 5.82 Å². The first-order valence-electron chi connectivity index (χ1n) is 7.80. The van der Waals surface area contributed by atoms with Crippen molar-refractivity contribution in [2.75, 3.05) is 6.26 Å². The van der Waals surface area contributed by atoms with Crippen molar-refractivity contribution in [3.63, 3.8) is 0 Å². The number of aromatic nitrogens is 2. The lowest BCUT2D eigenvalue weighted by Crippen LogP contribution is -1.99. The molecule has 6 nitrogen and oxygen atoms in total. The lowest BCUT2D eigenvalue weighted by Gasteiger charge is -2.04. The summed E-state index contributed by atoms with van der Waals surface area (Å²) in [6.07, 6.45) is 2.12. The van der Waals surface area contributed by atoms with Crippen molar-refractivity contribution in [1.29, 1.82) is 0 Å². The maximum absolute atomic E-state index is 11.6. The summed E-state index contributed by atoms with van der Waals surface area (Å²) in [7, 11) is -3.28. The molecule has 0 aliphatic carbocycles. The van der Waals surface area contributed by atoms with Gasteiger partial charge in [-0.2, -0.15) is 4.98 Å². The van der Waals surface area contributed by atoms with E-state index in [4.69, 9.17) is 9.26 Å². The van der Waals surface area contributed by atoms with E-state index in [-0.39, 0.29) is 11.5 Å². The van der Waals surface area contributed by atoms with Crippen molar-refractivity contribution < 1.29 is 17.7 Å². The number of rotatable bonds is 6. The number of hydrogen-bond acceptors (Lipinski definition) is 6. The third-order valence-corrected chi connectivity index (χ3v) is 4.79. The summed E-state index contributed by atoms with van der Waals surface area (Å²) in [5.41, 5.74) is 2.10. The minimum atomic E-state index is -3.28. The van der Waals surface area contributed by atoms with Gasteiger partial charge in [-0.25, -0.2) is 8.42 Å². The lowest BCUT2D eigenvalue weighted by molar-refractivity contribution is 0.242. The Bertz CT molecular complexity index is 963. The van der Waals surface area contributed by atoms with Gasteiger partial charge in [0.15, 0.2) is 16.4 Å². The molecule has 0 atom stereocenters. The Hall–Kier alpha value is -2.67. The van der Waals surface area contributed by atoms with Gasteiger partial charge >= 0.3 is 0 Å². The van der Waals surface area contributed by atoms with Gasteiger partial charge in [-0.3, -0.25) is 0 Å². The molecule has 0 aliphatic heterocycles. The molecule has 0 bridgehead atoms. The Labute approximate surface area is 146 Å². The fourth-order valence-electron chi connectivity index (χ4n) is 2.26. The van der Waals surface area contributed by atoms with Crippen LogP contribution >= 0.6 is 0 Å². The normalized spacial score (nSPS) is 11.4. The standard InChI is InChI=1S/C18H18N2O4S/c1-3-13-7-9-14(10-8-13)18-19-17(24-20-18)12-23-15-5-4-6-16(11-15)25(2,21)22/h4-11H,3,12H2,1-2H3. The third kappa shape index (κ3) is 4.24. The van der Waals surface area contributed by atoms with Crippen molar-refractivity contribution in [3.05, 3.63) is 60.0 Å². The maximum atomic E-state index is 11.6. The second kappa shape index (κ2) is 7.06. The molecule has 130 valence electrons. The Morgan fingerprint density at radius 1 is 1.12 bits per heavy atom. The van der Waals surface area contributed by atoms with Crippen LogP contribution in [0.15, 0.2) is 57.9 Å². The zero-order valence-electron chi connectivity index (χ0n) is 14.0. The van der Waals surface area contributed by atoms with Crippen LogP contribution in [0.4, 0.5) is 0 Å². The molecule has 7 heteroatoms. The van der Waals surface area contributed by atoms with Crippen LogP contribution in [0.3, 0.4) is 0 Å². The van der Waals surface area contributed by atoms with E-state index in [0.717, 1.165) is 18.2 Å². The summed E-state index contributed by atoms with van der Waals surface area (Å²) < 4.78 is 33.9. The van der Waals surface area contributed by atoms with Crippen molar-refractivity contribution in [2.24, 2.45) is 0 Å². The zero-order chi connectivity index (χ0) is 17.9. The highest BCUT2D eigenvalue weighted by Crippen LogP contribution is 2.20. The van der Waals surface area contributed by atoms with E-state index in [1.165, 1.54) is 17.7 Å². The van der Waals surface area contributed by atoms with E-state index < -0.39 is 9.84 Å². The molecular formula is C18H18N2O4S. The highest BCUT2D eigenvalue weighted by Gasteiger charge is 2.11. The van der Waals surface area contributed by atoms with E-state index in [2.05, 4.69) is 17.1 Å². The molecule has 2 aromatic carbocycles. The lowest BCUT2D eigenvalue weighted by atomic mass is 10.1. The van der Waals surface area contributed by atoms with Crippen molar-refractivity contribution in [2.45, 2.75) is 24.8 Å². The first-order valence-corrected chi connectivity index (χ1v) is 9.69. The van der Waals surface area contributed by atoms with E-state index in [1.807, 2.05) is 24.3 Å². The Morgan fingerprint density at radius 2 is 1.88 bits per heavy atom. The summed E-state index contributed by atoms with van der Waals surface area (Å²) >= 11 is 0. The first kappa shape index (κ1) is 17.2. The number of benzene rings is 2. The van der Waals surface area contributed by atoms with Gasteiger partial charge in [0.1, 0.15) is 5.75 Å². The molecule has 0 unspecified atom stereocenters. The minimum Gasteiger partial charge on any atom is -0.484 e. The Balaban J connectivity index is 1.69. The van der Waals surface area contributed by atoms with Gasteiger partial charge in [-0.05, 0) is 30.2 Å². The zero-order valence-corrected chi connectivity index (χ0v) is 14.8. The highest BCUT2D eigenvalue weighted by atomic mass is 32.2. The minimum absolute atomic E-state index is 0.0628. The number of sulfone groups is 1. The van der Waals surface area contributed by atoms with Gasteiger partial charge in [-0.15, -0.1) is 0 Å². The molecule has 0 saturated carbocycles. The molecule has 1 aromatic heterocycles. The van der Waals surface area contributed by atoms with Crippen molar-refractivity contribution in [3.8, 4) is 17.1 Å². The fraction of sp³-hybridized carbons (Fsp3) is 0.222. The summed E-state index contributed by atoms with van der Waals surface area (Å²) in [4.78, 5) is 4.50. The number of ether oxygens (including phenoxy) is 1. The van der Waals surface area contributed by atoms with Crippen molar-refractivity contribution in [1.82, 2.24) is 10.1 Å². The molecule has 0 fully saturated rings. The Morgan fingerprint density at radius 3 is 2.56 bits per heavy atom. The van der Waals surface area contributed by atoms with Crippen LogP contribution in [0.1, 0.15) is 18.4 Å². The molecule has 3 rings (SSSR count).